The molecule has 0 heterocycles. The van der Waals surface area contributed by atoms with Crippen LogP contribution in [0.4, 0.5) is 0 Å². The molecule has 4 aliphatic rings. The van der Waals surface area contributed by atoms with Gasteiger partial charge in [-0.2, -0.15) is 0 Å². The zero-order chi connectivity index (χ0) is 27.1. The lowest BCUT2D eigenvalue weighted by Crippen LogP contribution is -2.12. The van der Waals surface area contributed by atoms with Crippen LogP contribution in [-0.2, 0) is 28.6 Å². The van der Waals surface area contributed by atoms with E-state index < -0.39 is 11.9 Å². The highest BCUT2D eigenvalue weighted by Crippen LogP contribution is 2.33. The summed E-state index contributed by atoms with van der Waals surface area (Å²) in [4.78, 5) is 35.8. The van der Waals surface area contributed by atoms with E-state index in [2.05, 4.69) is 13.2 Å². The van der Waals surface area contributed by atoms with Crippen LogP contribution in [0.3, 0.4) is 0 Å². The third kappa shape index (κ3) is 6.97. The van der Waals surface area contributed by atoms with Gasteiger partial charge in [0, 0.05) is 36.5 Å². The molecular weight excluding hydrogens is 480 g/mol. The van der Waals surface area contributed by atoms with Gasteiger partial charge in [-0.3, -0.25) is 0 Å². The highest BCUT2D eigenvalue weighted by atomic mass is 16.5. The molecule has 0 amide bonds. The van der Waals surface area contributed by atoms with E-state index in [1.807, 2.05) is 48.6 Å². The molecule has 0 fully saturated rings. The number of hydrogen-bond donors (Lipinski definition) is 0. The summed E-state index contributed by atoms with van der Waals surface area (Å²) >= 11 is 0. The first kappa shape index (κ1) is 26.9. The maximum absolute atomic E-state index is 12.7. The predicted octanol–water partition coefficient (Wildman–Crippen LogP) is 6.84. The average molecular weight is 513 g/mol. The van der Waals surface area contributed by atoms with Crippen molar-refractivity contribution in [3.8, 4) is 0 Å². The van der Waals surface area contributed by atoms with Gasteiger partial charge in [0.05, 0.1) is 0 Å². The second-order valence-corrected chi connectivity index (χ2v) is 9.54. The van der Waals surface area contributed by atoms with E-state index in [4.69, 9.17) is 14.2 Å². The van der Waals surface area contributed by atoms with Gasteiger partial charge in [0.1, 0.15) is 17.3 Å². The van der Waals surface area contributed by atoms with E-state index in [9.17, 15) is 14.4 Å². The van der Waals surface area contributed by atoms with Crippen molar-refractivity contribution in [1.82, 2.24) is 0 Å². The van der Waals surface area contributed by atoms with Crippen LogP contribution in [0.2, 0.25) is 0 Å². The first-order valence-corrected chi connectivity index (χ1v) is 12.9. The normalized spacial score (nSPS) is 19.1. The minimum atomic E-state index is -0.448. The van der Waals surface area contributed by atoms with E-state index in [1.54, 1.807) is 6.92 Å². The molecule has 196 valence electrons. The maximum atomic E-state index is 12.7. The molecule has 0 aliphatic heterocycles. The molecule has 4 aliphatic carbocycles. The summed E-state index contributed by atoms with van der Waals surface area (Å²) in [7, 11) is 0. The van der Waals surface area contributed by atoms with Crippen LogP contribution in [0.5, 0.6) is 0 Å². The number of carbonyl (C=O) groups excluding carboxylic acids is 3. The van der Waals surface area contributed by atoms with Crippen LogP contribution in [0.25, 0.3) is 0 Å². The summed E-state index contributed by atoms with van der Waals surface area (Å²) in [6.07, 6.45) is 22.2. The fourth-order valence-electron chi connectivity index (χ4n) is 4.55. The summed E-state index contributed by atoms with van der Waals surface area (Å²) < 4.78 is 16.2. The van der Waals surface area contributed by atoms with Crippen LogP contribution in [0.1, 0.15) is 58.3 Å². The monoisotopic (exact) mass is 512 g/mol. The van der Waals surface area contributed by atoms with Gasteiger partial charge in [0.25, 0.3) is 0 Å². The summed E-state index contributed by atoms with van der Waals surface area (Å²) in [5.41, 5.74) is 5.82. The van der Waals surface area contributed by atoms with E-state index in [0.29, 0.717) is 54.1 Å². The Bertz CT molecular complexity index is 1320. The average Bonchev–Trinajstić information content (AvgIpc) is 2.94. The SMILES string of the molecule is C=CC(=O)OC1=CC=C(C2=CC=C(C(=O)OC3=CC=C(C4=CC=C(OC(=O)C(=C)C)CC4)CC3)CC2)CC1. The van der Waals surface area contributed by atoms with Crippen molar-refractivity contribution in [1.29, 1.82) is 0 Å². The topological polar surface area (TPSA) is 78.9 Å². The first-order chi connectivity index (χ1) is 18.3. The molecule has 0 aromatic heterocycles. The van der Waals surface area contributed by atoms with Crippen molar-refractivity contribution in [3.05, 3.63) is 119 Å². The molecule has 0 bridgehead atoms. The lowest BCUT2D eigenvalue weighted by Gasteiger charge is -2.21. The Labute approximate surface area is 223 Å². The second kappa shape index (κ2) is 12.4. The zero-order valence-electron chi connectivity index (χ0n) is 21.7. The summed E-state index contributed by atoms with van der Waals surface area (Å²) in [5, 5.41) is 0. The molecule has 6 nitrogen and oxygen atoms in total. The van der Waals surface area contributed by atoms with E-state index >= 15 is 0 Å². The molecule has 6 heteroatoms. The number of esters is 3. The molecule has 0 spiro atoms. The fourth-order valence-corrected chi connectivity index (χ4v) is 4.55. The van der Waals surface area contributed by atoms with E-state index in [0.717, 1.165) is 31.8 Å². The molecule has 0 saturated carbocycles. The Hall–Kier alpha value is -4.19. The summed E-state index contributed by atoms with van der Waals surface area (Å²) in [6, 6.07) is 0. The molecule has 0 saturated heterocycles. The minimum Gasteiger partial charge on any atom is -0.428 e. The molecule has 0 radical (unpaired) electrons. The number of ether oxygens (including phenoxy) is 3. The maximum Gasteiger partial charge on any atom is 0.339 e. The zero-order valence-corrected chi connectivity index (χ0v) is 21.7. The minimum absolute atomic E-state index is 0.302. The Morgan fingerprint density at radius 2 is 1.08 bits per heavy atom. The summed E-state index contributed by atoms with van der Waals surface area (Å²) in [6.45, 7) is 8.65. The van der Waals surface area contributed by atoms with Crippen LogP contribution < -0.4 is 0 Å². The van der Waals surface area contributed by atoms with E-state index in [1.165, 1.54) is 22.3 Å². The Balaban J connectivity index is 1.32. The van der Waals surface area contributed by atoms with Crippen LogP contribution in [0.15, 0.2) is 119 Å². The quantitative estimate of drug-likeness (QED) is 0.201. The molecule has 0 unspecified atom stereocenters. The standard InChI is InChI=1S/C32H32O6/c1-4-30(33)36-27-15-9-23(10-16-27)22-5-7-26(8-6-22)32(35)38-29-19-13-25(14-20-29)24-11-17-28(18-12-24)37-31(34)21(2)3/h4-5,7,9,11,13,15,17,19H,1-2,6,8,10,12,14,16,18,20H2,3H3. The number of hydrogen-bond acceptors (Lipinski definition) is 6. The summed E-state index contributed by atoms with van der Waals surface area (Å²) in [5.74, 6) is 0.804. The lowest BCUT2D eigenvalue weighted by atomic mass is 9.88. The Kier molecular flexibility index (Phi) is 8.74. The van der Waals surface area contributed by atoms with Gasteiger partial charge in [-0.05, 0) is 79.5 Å². The second-order valence-electron chi connectivity index (χ2n) is 9.54. The first-order valence-electron chi connectivity index (χ1n) is 12.9. The van der Waals surface area contributed by atoms with Crippen molar-refractivity contribution in [2.24, 2.45) is 0 Å². The fraction of sp³-hybridized carbons (Fsp3) is 0.281. The third-order valence-corrected chi connectivity index (χ3v) is 6.76. The van der Waals surface area contributed by atoms with Crippen molar-refractivity contribution in [2.45, 2.75) is 58.3 Å². The Morgan fingerprint density at radius 3 is 1.47 bits per heavy atom. The molecule has 0 aromatic rings. The number of rotatable bonds is 8. The van der Waals surface area contributed by atoms with E-state index in [-0.39, 0.29) is 5.97 Å². The highest BCUT2D eigenvalue weighted by molar-refractivity contribution is 5.90. The van der Waals surface area contributed by atoms with Crippen LogP contribution in [0, 0.1) is 0 Å². The van der Waals surface area contributed by atoms with Crippen molar-refractivity contribution in [3.63, 3.8) is 0 Å². The van der Waals surface area contributed by atoms with Gasteiger partial charge in [0.15, 0.2) is 0 Å². The van der Waals surface area contributed by atoms with Crippen molar-refractivity contribution in [2.75, 3.05) is 0 Å². The smallest absolute Gasteiger partial charge is 0.339 e. The molecule has 0 aromatic carbocycles. The van der Waals surface area contributed by atoms with Gasteiger partial charge in [-0.15, -0.1) is 0 Å². The molecular formula is C32H32O6. The van der Waals surface area contributed by atoms with Gasteiger partial charge in [0.2, 0.25) is 0 Å². The van der Waals surface area contributed by atoms with Gasteiger partial charge >= 0.3 is 17.9 Å². The van der Waals surface area contributed by atoms with Crippen molar-refractivity contribution >= 4 is 17.9 Å². The molecule has 4 rings (SSSR count). The highest BCUT2D eigenvalue weighted by Gasteiger charge is 2.21. The van der Waals surface area contributed by atoms with Crippen LogP contribution >= 0.6 is 0 Å². The number of allylic oxidation sites excluding steroid dienone is 15. The van der Waals surface area contributed by atoms with Gasteiger partial charge in [-0.25, -0.2) is 14.4 Å². The van der Waals surface area contributed by atoms with Crippen molar-refractivity contribution < 1.29 is 28.6 Å². The third-order valence-electron chi connectivity index (χ3n) is 6.76. The number of carbonyl (C=O) groups is 3. The molecule has 38 heavy (non-hydrogen) atoms. The molecule has 0 N–H and O–H groups in total. The largest absolute Gasteiger partial charge is 0.428 e. The Morgan fingerprint density at radius 1 is 0.632 bits per heavy atom. The lowest BCUT2D eigenvalue weighted by molar-refractivity contribution is -0.136. The predicted molar refractivity (Wildman–Crippen MR) is 145 cm³/mol. The van der Waals surface area contributed by atoms with Gasteiger partial charge < -0.3 is 14.2 Å². The molecule has 0 atom stereocenters. The van der Waals surface area contributed by atoms with Gasteiger partial charge in [-0.1, -0.05) is 43.5 Å². The van der Waals surface area contributed by atoms with Crippen LogP contribution in [-0.4, -0.2) is 17.9 Å².